The third-order valence-electron chi connectivity index (χ3n) is 5.00. The molecule has 0 fully saturated rings. The Kier molecular flexibility index (Phi) is 4.36. The number of aromatic amines is 2. The molecular weight excluding hydrogens is 400 g/mol. The van der Waals surface area contributed by atoms with Crippen molar-refractivity contribution < 1.29 is 14.2 Å². The van der Waals surface area contributed by atoms with E-state index in [9.17, 15) is 9.59 Å². The fraction of sp³-hybridized carbons (Fsp3) is 0.136. The summed E-state index contributed by atoms with van der Waals surface area (Å²) in [5, 5.41) is 4.79. The first-order valence-corrected chi connectivity index (χ1v) is 9.50. The van der Waals surface area contributed by atoms with Crippen molar-refractivity contribution in [3.8, 4) is 17.2 Å². The molecule has 2 N–H and O–H groups in total. The van der Waals surface area contributed by atoms with Gasteiger partial charge in [-0.25, -0.2) is 4.79 Å². The zero-order valence-corrected chi connectivity index (χ0v) is 16.8. The van der Waals surface area contributed by atoms with Crippen molar-refractivity contribution in [2.24, 2.45) is 5.10 Å². The van der Waals surface area contributed by atoms with E-state index < -0.39 is 11.2 Å². The molecule has 9 nitrogen and oxygen atoms in total. The van der Waals surface area contributed by atoms with Gasteiger partial charge in [-0.15, -0.1) is 4.68 Å². The van der Waals surface area contributed by atoms with Gasteiger partial charge in [0.2, 0.25) is 6.79 Å². The van der Waals surface area contributed by atoms with Crippen molar-refractivity contribution in [2.75, 3.05) is 13.9 Å². The van der Waals surface area contributed by atoms with Crippen LogP contribution in [0.4, 0.5) is 0 Å². The summed E-state index contributed by atoms with van der Waals surface area (Å²) in [4.78, 5) is 31.2. The average molecular weight is 418 g/mol. The predicted octanol–water partition coefficient (Wildman–Crippen LogP) is 2.85. The molecule has 0 unspecified atom stereocenters. The third kappa shape index (κ3) is 3.25. The molecule has 4 aromatic rings. The minimum Gasteiger partial charge on any atom is -0.497 e. The number of aromatic nitrogens is 3. The number of ether oxygens (including phenoxy) is 3. The van der Waals surface area contributed by atoms with Gasteiger partial charge in [-0.2, -0.15) is 5.10 Å². The first kappa shape index (κ1) is 18.7. The highest BCUT2D eigenvalue weighted by Gasteiger charge is 2.14. The van der Waals surface area contributed by atoms with E-state index in [2.05, 4.69) is 15.1 Å². The van der Waals surface area contributed by atoms with Crippen molar-refractivity contribution in [1.29, 1.82) is 0 Å². The first-order chi connectivity index (χ1) is 15.0. The summed E-state index contributed by atoms with van der Waals surface area (Å²) in [6, 6.07) is 10.9. The second-order valence-electron chi connectivity index (χ2n) is 7.08. The molecule has 0 aliphatic carbocycles. The van der Waals surface area contributed by atoms with E-state index in [1.165, 1.54) is 6.21 Å². The van der Waals surface area contributed by atoms with Crippen LogP contribution in [-0.2, 0) is 0 Å². The molecule has 5 rings (SSSR count). The molecule has 1 aliphatic rings. The van der Waals surface area contributed by atoms with E-state index in [0.29, 0.717) is 33.7 Å². The normalized spacial score (nSPS) is 13.5. The van der Waals surface area contributed by atoms with Crippen LogP contribution in [0.1, 0.15) is 12.5 Å². The van der Waals surface area contributed by atoms with Crippen LogP contribution in [0.5, 0.6) is 17.2 Å². The maximum Gasteiger partial charge on any atom is 0.350 e. The maximum absolute atomic E-state index is 12.9. The molecule has 1 aliphatic heterocycles. The molecule has 156 valence electrons. The number of rotatable bonds is 4. The molecule has 2 aromatic carbocycles. The number of nitrogens with one attached hydrogen (secondary N) is 2. The lowest BCUT2D eigenvalue weighted by atomic mass is 10.1. The van der Waals surface area contributed by atoms with Crippen molar-refractivity contribution in [3.63, 3.8) is 0 Å². The topological polar surface area (TPSA) is 111 Å². The number of methoxy groups -OCH3 is 1. The summed E-state index contributed by atoms with van der Waals surface area (Å²) in [5.41, 5.74) is 1.85. The van der Waals surface area contributed by atoms with Gasteiger partial charge >= 0.3 is 11.2 Å². The van der Waals surface area contributed by atoms with Gasteiger partial charge < -0.3 is 24.2 Å². The minimum absolute atomic E-state index is 0.206. The average Bonchev–Trinajstić information content (AvgIpc) is 3.37. The van der Waals surface area contributed by atoms with Crippen LogP contribution in [-0.4, -0.2) is 34.8 Å². The Labute approximate surface area is 175 Å². The van der Waals surface area contributed by atoms with E-state index in [4.69, 9.17) is 14.2 Å². The quantitative estimate of drug-likeness (QED) is 0.495. The molecule has 0 amide bonds. The smallest absolute Gasteiger partial charge is 0.350 e. The highest BCUT2D eigenvalue weighted by Crippen LogP contribution is 2.33. The van der Waals surface area contributed by atoms with Crippen LogP contribution in [0, 0.1) is 0 Å². The highest BCUT2D eigenvalue weighted by atomic mass is 16.7. The van der Waals surface area contributed by atoms with E-state index in [1.54, 1.807) is 25.3 Å². The Morgan fingerprint density at radius 1 is 1.10 bits per heavy atom. The number of fused-ring (bicyclic) bond motifs is 4. The molecule has 0 radical (unpaired) electrons. The molecule has 0 spiro atoms. The number of allylic oxidation sites excluding steroid dienone is 1. The third-order valence-corrected chi connectivity index (χ3v) is 5.00. The van der Waals surface area contributed by atoms with E-state index >= 15 is 0 Å². The molecule has 0 saturated carbocycles. The Bertz CT molecular complexity index is 1510. The number of hydrogen-bond acceptors (Lipinski definition) is 6. The van der Waals surface area contributed by atoms with Gasteiger partial charge in [0, 0.05) is 10.9 Å². The van der Waals surface area contributed by atoms with Crippen LogP contribution in [0.3, 0.4) is 0 Å². The second-order valence-corrected chi connectivity index (χ2v) is 7.08. The molecule has 0 atom stereocenters. The lowest BCUT2D eigenvalue weighted by Gasteiger charge is -2.00. The van der Waals surface area contributed by atoms with Gasteiger partial charge in [0.1, 0.15) is 11.3 Å². The van der Waals surface area contributed by atoms with Crippen molar-refractivity contribution in [2.45, 2.75) is 6.92 Å². The summed E-state index contributed by atoms with van der Waals surface area (Å²) >= 11 is 0. The standard InChI is InChI=1S/C22H18N4O5/c1-12(7-13-3-6-17-18(8-13)31-11-30-17)10-23-26-21(27)20-19(25-22(26)28)15-9-14(29-2)4-5-16(15)24-20/h3-10,24H,11H2,1-2H3,(H,25,28)/b12-7+,23-10?. The van der Waals surface area contributed by atoms with Crippen LogP contribution >= 0.6 is 0 Å². The van der Waals surface area contributed by atoms with Crippen LogP contribution in [0.15, 0.2) is 56.7 Å². The fourth-order valence-electron chi connectivity index (χ4n) is 3.50. The van der Waals surface area contributed by atoms with Gasteiger partial charge in [-0.05, 0) is 48.4 Å². The Morgan fingerprint density at radius 3 is 2.77 bits per heavy atom. The number of H-pyrrole nitrogens is 2. The molecule has 2 aromatic heterocycles. The van der Waals surface area contributed by atoms with E-state index in [0.717, 1.165) is 15.8 Å². The van der Waals surface area contributed by atoms with Crippen molar-refractivity contribution in [3.05, 3.63) is 68.4 Å². The van der Waals surface area contributed by atoms with Gasteiger partial charge in [-0.3, -0.25) is 4.79 Å². The summed E-state index contributed by atoms with van der Waals surface area (Å²) in [7, 11) is 1.56. The molecule has 3 heterocycles. The second kappa shape index (κ2) is 7.21. The first-order valence-electron chi connectivity index (χ1n) is 9.50. The van der Waals surface area contributed by atoms with Crippen molar-refractivity contribution in [1.82, 2.24) is 14.6 Å². The summed E-state index contributed by atoms with van der Waals surface area (Å²) in [5.74, 6) is 2.00. The SMILES string of the molecule is COc1ccc2[nH]c3c(=O)n(N=C/C(C)=C/c4ccc5c(c4)OCO5)c(=O)[nH]c3c2c1. The molecule has 31 heavy (non-hydrogen) atoms. The largest absolute Gasteiger partial charge is 0.497 e. The van der Waals surface area contributed by atoms with E-state index in [1.807, 2.05) is 31.2 Å². The Balaban J connectivity index is 1.52. The van der Waals surface area contributed by atoms with Gasteiger partial charge in [0.25, 0.3) is 0 Å². The highest BCUT2D eigenvalue weighted by molar-refractivity contribution is 6.04. The lowest BCUT2D eigenvalue weighted by Crippen LogP contribution is -2.32. The maximum atomic E-state index is 12.9. The Hall–Kier alpha value is -4.27. The predicted molar refractivity (Wildman–Crippen MR) is 117 cm³/mol. The molecular formula is C22H18N4O5. The summed E-state index contributed by atoms with van der Waals surface area (Å²) in [6.45, 7) is 2.03. The van der Waals surface area contributed by atoms with Gasteiger partial charge in [0.15, 0.2) is 11.5 Å². The van der Waals surface area contributed by atoms with Crippen LogP contribution in [0.25, 0.3) is 28.0 Å². The molecule has 0 bridgehead atoms. The van der Waals surface area contributed by atoms with Crippen LogP contribution < -0.4 is 25.5 Å². The van der Waals surface area contributed by atoms with Gasteiger partial charge in [0.05, 0.1) is 18.8 Å². The monoisotopic (exact) mass is 418 g/mol. The van der Waals surface area contributed by atoms with Crippen molar-refractivity contribution >= 4 is 34.2 Å². The summed E-state index contributed by atoms with van der Waals surface area (Å²) in [6.07, 6.45) is 3.32. The number of benzene rings is 2. The fourth-order valence-corrected chi connectivity index (χ4v) is 3.50. The number of nitrogens with zero attached hydrogens (tertiary/aromatic N) is 2. The molecule has 0 saturated heterocycles. The minimum atomic E-state index is -0.631. The zero-order chi connectivity index (χ0) is 21.5. The lowest BCUT2D eigenvalue weighted by molar-refractivity contribution is 0.174. The Morgan fingerprint density at radius 2 is 1.94 bits per heavy atom. The van der Waals surface area contributed by atoms with E-state index in [-0.39, 0.29) is 12.3 Å². The molecule has 9 heteroatoms. The number of hydrogen-bond donors (Lipinski definition) is 2. The van der Waals surface area contributed by atoms with Gasteiger partial charge in [-0.1, -0.05) is 12.1 Å². The van der Waals surface area contributed by atoms with Crippen LogP contribution in [0.2, 0.25) is 0 Å². The zero-order valence-electron chi connectivity index (χ0n) is 16.8. The summed E-state index contributed by atoms with van der Waals surface area (Å²) < 4.78 is 16.7.